The second-order valence-corrected chi connectivity index (χ2v) is 7.18. The molecule has 0 spiro atoms. The maximum atomic E-state index is 11.9. The largest absolute Gasteiger partial charge is 0.493 e. The van der Waals surface area contributed by atoms with Gasteiger partial charge in [0.2, 0.25) is 5.91 Å². The van der Waals surface area contributed by atoms with Gasteiger partial charge in [0.1, 0.15) is 5.75 Å². The number of nitrogens with one attached hydrogen (secondary N) is 2. The van der Waals surface area contributed by atoms with Crippen molar-refractivity contribution in [3.8, 4) is 5.75 Å². The number of ether oxygens (including phenoxy) is 1. The molecule has 0 aromatic heterocycles. The van der Waals surface area contributed by atoms with Crippen molar-refractivity contribution in [2.45, 2.75) is 51.9 Å². The Hall–Kier alpha value is -2.40. The Balaban J connectivity index is 1.65. The zero-order valence-corrected chi connectivity index (χ0v) is 17.4. The molecule has 28 heavy (non-hydrogen) atoms. The number of amides is 1. The lowest BCUT2D eigenvalue weighted by atomic mass is 10.1. The molecular weight excluding hydrogens is 368 g/mol. The van der Waals surface area contributed by atoms with E-state index in [2.05, 4.69) is 29.7 Å². The number of carbonyl (C=O) groups excluding carboxylic acids is 1. The first kappa shape index (κ1) is 21.9. The molecule has 0 bridgehead atoms. The Morgan fingerprint density at radius 3 is 2.39 bits per heavy atom. The first-order chi connectivity index (χ1) is 13.7. The summed E-state index contributed by atoms with van der Waals surface area (Å²) in [7, 11) is 0. The van der Waals surface area contributed by atoms with Crippen molar-refractivity contribution in [2.75, 3.05) is 11.9 Å². The zero-order valence-electron chi connectivity index (χ0n) is 16.6. The van der Waals surface area contributed by atoms with Crippen LogP contribution >= 0.6 is 12.2 Å². The molecule has 1 amide bonds. The normalized spacial score (nSPS) is 10.3. The summed E-state index contributed by atoms with van der Waals surface area (Å²) in [4.78, 5) is 11.9. The van der Waals surface area contributed by atoms with Gasteiger partial charge in [-0.3, -0.25) is 4.79 Å². The van der Waals surface area contributed by atoms with Crippen LogP contribution in [0.4, 0.5) is 5.69 Å². The van der Waals surface area contributed by atoms with E-state index in [9.17, 15) is 4.79 Å². The Labute approximate surface area is 173 Å². The van der Waals surface area contributed by atoms with Crippen LogP contribution in [0.2, 0.25) is 0 Å². The standard InChI is InChI=1S/C23H30N2O2S/c1-2-3-4-5-9-12-22(26)25-23(28)24-20-13-15-21(16-14-20)27-18-17-19-10-7-6-8-11-19/h6-8,10-11,13-16H,2-5,9,12,17-18H2,1H3,(H2,24,25,26,28). The Morgan fingerprint density at radius 2 is 1.68 bits per heavy atom. The van der Waals surface area contributed by atoms with Crippen molar-refractivity contribution in [2.24, 2.45) is 0 Å². The van der Waals surface area contributed by atoms with Gasteiger partial charge in [0.05, 0.1) is 6.61 Å². The third-order valence-electron chi connectivity index (χ3n) is 4.37. The van der Waals surface area contributed by atoms with E-state index in [4.69, 9.17) is 17.0 Å². The maximum Gasteiger partial charge on any atom is 0.226 e. The average molecular weight is 399 g/mol. The van der Waals surface area contributed by atoms with Gasteiger partial charge in [-0.15, -0.1) is 0 Å². The lowest BCUT2D eigenvalue weighted by Gasteiger charge is -2.11. The van der Waals surface area contributed by atoms with E-state index in [1.165, 1.54) is 24.8 Å². The number of unbranched alkanes of at least 4 members (excludes halogenated alkanes) is 4. The quantitative estimate of drug-likeness (QED) is 0.389. The molecule has 0 heterocycles. The smallest absolute Gasteiger partial charge is 0.226 e. The molecule has 0 saturated heterocycles. The summed E-state index contributed by atoms with van der Waals surface area (Å²) < 4.78 is 5.78. The Kier molecular flexibility index (Phi) is 10.1. The molecule has 0 radical (unpaired) electrons. The lowest BCUT2D eigenvalue weighted by molar-refractivity contribution is -0.119. The van der Waals surface area contributed by atoms with E-state index in [1.807, 2.05) is 42.5 Å². The van der Waals surface area contributed by atoms with Crippen molar-refractivity contribution in [1.82, 2.24) is 5.32 Å². The van der Waals surface area contributed by atoms with Crippen molar-refractivity contribution in [1.29, 1.82) is 0 Å². The number of benzene rings is 2. The SMILES string of the molecule is CCCCCCCC(=O)NC(=S)Nc1ccc(OCCc2ccccc2)cc1. The highest BCUT2D eigenvalue weighted by atomic mass is 32.1. The summed E-state index contributed by atoms with van der Waals surface area (Å²) in [5.74, 6) is 0.776. The predicted molar refractivity (Wildman–Crippen MR) is 120 cm³/mol. The van der Waals surface area contributed by atoms with Gasteiger partial charge >= 0.3 is 0 Å². The second-order valence-electron chi connectivity index (χ2n) is 6.77. The van der Waals surface area contributed by atoms with E-state index >= 15 is 0 Å². The monoisotopic (exact) mass is 398 g/mol. The van der Waals surface area contributed by atoms with Gasteiger partial charge in [0, 0.05) is 18.5 Å². The third-order valence-corrected chi connectivity index (χ3v) is 4.58. The minimum absolute atomic E-state index is 0.0325. The minimum atomic E-state index is -0.0325. The molecule has 2 N–H and O–H groups in total. The summed E-state index contributed by atoms with van der Waals surface area (Å²) in [6, 6.07) is 17.8. The molecule has 0 saturated carbocycles. The number of rotatable bonds is 11. The molecule has 150 valence electrons. The van der Waals surface area contributed by atoms with Gasteiger partial charge < -0.3 is 15.4 Å². The number of hydrogen-bond acceptors (Lipinski definition) is 3. The van der Waals surface area contributed by atoms with Crippen LogP contribution < -0.4 is 15.4 Å². The average Bonchev–Trinajstić information content (AvgIpc) is 2.70. The molecule has 0 unspecified atom stereocenters. The van der Waals surface area contributed by atoms with Gasteiger partial charge in [-0.1, -0.05) is 62.9 Å². The minimum Gasteiger partial charge on any atom is -0.493 e. The number of hydrogen-bond donors (Lipinski definition) is 2. The summed E-state index contributed by atoms with van der Waals surface area (Å²) in [6.07, 6.45) is 7.00. The van der Waals surface area contributed by atoms with Gasteiger partial charge in [-0.25, -0.2) is 0 Å². The fourth-order valence-corrected chi connectivity index (χ4v) is 3.04. The van der Waals surface area contributed by atoms with Gasteiger partial charge in [-0.2, -0.15) is 0 Å². The van der Waals surface area contributed by atoms with E-state index in [1.54, 1.807) is 0 Å². The van der Waals surface area contributed by atoms with E-state index < -0.39 is 0 Å². The fourth-order valence-electron chi connectivity index (χ4n) is 2.81. The van der Waals surface area contributed by atoms with Crippen molar-refractivity contribution in [3.63, 3.8) is 0 Å². The predicted octanol–water partition coefficient (Wildman–Crippen LogP) is 5.48. The van der Waals surface area contributed by atoms with E-state index in [0.717, 1.165) is 30.7 Å². The van der Waals surface area contributed by atoms with Crippen LogP contribution in [-0.4, -0.2) is 17.6 Å². The molecule has 2 rings (SSSR count). The van der Waals surface area contributed by atoms with Crippen molar-refractivity contribution >= 4 is 28.9 Å². The first-order valence-electron chi connectivity index (χ1n) is 10.0. The van der Waals surface area contributed by atoms with Gasteiger partial charge in [0.25, 0.3) is 0 Å². The lowest BCUT2D eigenvalue weighted by Crippen LogP contribution is -2.33. The van der Waals surface area contributed by atoms with Gasteiger partial charge in [0.15, 0.2) is 5.11 Å². The van der Waals surface area contributed by atoms with E-state index in [-0.39, 0.29) is 5.91 Å². The highest BCUT2D eigenvalue weighted by molar-refractivity contribution is 7.80. The van der Waals surface area contributed by atoms with Crippen LogP contribution in [0, 0.1) is 0 Å². The number of thiocarbonyl (C=S) groups is 1. The molecule has 5 heteroatoms. The molecule has 2 aromatic carbocycles. The highest BCUT2D eigenvalue weighted by Crippen LogP contribution is 2.16. The Morgan fingerprint density at radius 1 is 0.964 bits per heavy atom. The van der Waals surface area contributed by atoms with Crippen molar-refractivity contribution < 1.29 is 9.53 Å². The second kappa shape index (κ2) is 12.9. The first-order valence-corrected chi connectivity index (χ1v) is 10.5. The molecule has 0 fully saturated rings. The van der Waals surface area contributed by atoms with Crippen LogP contribution in [-0.2, 0) is 11.2 Å². The molecule has 4 nitrogen and oxygen atoms in total. The topological polar surface area (TPSA) is 50.4 Å². The highest BCUT2D eigenvalue weighted by Gasteiger charge is 2.05. The van der Waals surface area contributed by atoms with Gasteiger partial charge in [-0.05, 0) is 48.5 Å². The molecule has 2 aromatic rings. The van der Waals surface area contributed by atoms with E-state index in [0.29, 0.717) is 18.1 Å². The van der Waals surface area contributed by atoms with Crippen LogP contribution in [0.5, 0.6) is 5.75 Å². The van der Waals surface area contributed by atoms with Crippen LogP contribution in [0.3, 0.4) is 0 Å². The maximum absolute atomic E-state index is 11.9. The summed E-state index contributed by atoms with van der Waals surface area (Å²) in [5, 5.41) is 6.10. The molecule has 0 aliphatic rings. The van der Waals surface area contributed by atoms with Crippen LogP contribution in [0.25, 0.3) is 0 Å². The summed E-state index contributed by atoms with van der Waals surface area (Å²) in [5.41, 5.74) is 2.08. The molecule has 0 atom stereocenters. The van der Waals surface area contributed by atoms with Crippen LogP contribution in [0.1, 0.15) is 51.0 Å². The Bertz CT molecular complexity index is 717. The van der Waals surface area contributed by atoms with Crippen molar-refractivity contribution in [3.05, 3.63) is 60.2 Å². The summed E-state index contributed by atoms with van der Waals surface area (Å²) in [6.45, 7) is 2.81. The fraction of sp³-hybridized carbons (Fsp3) is 0.391. The molecular formula is C23H30N2O2S. The van der Waals surface area contributed by atoms with Crippen LogP contribution in [0.15, 0.2) is 54.6 Å². The molecule has 0 aliphatic carbocycles. The zero-order chi connectivity index (χ0) is 20.0. The number of anilines is 1. The third kappa shape index (κ3) is 9.00. The number of carbonyl (C=O) groups is 1. The summed E-state index contributed by atoms with van der Waals surface area (Å²) >= 11 is 5.22. The molecule has 0 aliphatic heterocycles.